The SMILES string of the molecule is CCC(C)CCCCCCCCCCCCCCCCC(=O)O[C@H](COC(=O)CCCCCCCCCC(C)C)COP(=O)(O)OCC(O)COP(=O)(O)OC[C@@H](COC(=O)CCCCCCCCCCCCCCCCCC(C)C)OC(=O)CCCCCCCCCCCCCCCCCCCCC(C)C. The summed E-state index contributed by atoms with van der Waals surface area (Å²) in [5.41, 5.74) is 0. The van der Waals surface area contributed by atoms with Crippen molar-refractivity contribution in [2.75, 3.05) is 39.6 Å². The third-order valence-electron chi connectivity index (χ3n) is 20.9. The van der Waals surface area contributed by atoms with Crippen LogP contribution in [0, 0.1) is 23.7 Å². The lowest BCUT2D eigenvalue weighted by Crippen LogP contribution is -2.30. The van der Waals surface area contributed by atoms with Gasteiger partial charge in [-0.1, -0.05) is 409 Å². The summed E-state index contributed by atoms with van der Waals surface area (Å²) in [5.74, 6) is 1.07. The van der Waals surface area contributed by atoms with Crippen LogP contribution in [0.15, 0.2) is 0 Å². The largest absolute Gasteiger partial charge is 0.472 e. The van der Waals surface area contributed by atoms with Crippen molar-refractivity contribution in [3.63, 3.8) is 0 Å². The summed E-state index contributed by atoms with van der Waals surface area (Å²) in [6, 6.07) is 0. The molecule has 0 aliphatic rings. The molecule has 0 aromatic carbocycles. The van der Waals surface area contributed by atoms with Gasteiger partial charge >= 0.3 is 39.5 Å². The Bertz CT molecular complexity index is 2080. The highest BCUT2D eigenvalue weighted by atomic mass is 31.2. The zero-order valence-corrected chi connectivity index (χ0v) is 72.6. The second kappa shape index (κ2) is 76.7. The number of hydrogen-bond donors (Lipinski definition) is 3. The number of carbonyl (C=O) groups excluding carboxylic acids is 4. The minimum atomic E-state index is -4.97. The lowest BCUT2D eigenvalue weighted by atomic mass is 9.99. The summed E-state index contributed by atoms with van der Waals surface area (Å²) in [6.45, 7) is 14.4. The van der Waals surface area contributed by atoms with Crippen molar-refractivity contribution < 1.29 is 80.2 Å². The van der Waals surface area contributed by atoms with Crippen molar-refractivity contribution in [2.24, 2.45) is 23.7 Å². The molecule has 0 aromatic rings. The van der Waals surface area contributed by atoms with Gasteiger partial charge in [-0.3, -0.25) is 37.3 Å². The van der Waals surface area contributed by atoms with Crippen LogP contribution in [0.1, 0.15) is 460 Å². The van der Waals surface area contributed by atoms with Gasteiger partial charge in [0.05, 0.1) is 26.4 Å². The molecular weight excluding hydrogens is 1390 g/mol. The molecule has 0 fully saturated rings. The van der Waals surface area contributed by atoms with Crippen molar-refractivity contribution >= 4 is 39.5 Å². The van der Waals surface area contributed by atoms with E-state index in [-0.39, 0.29) is 25.7 Å². The normalized spacial score (nSPS) is 14.1. The Morgan fingerprint density at radius 3 is 0.664 bits per heavy atom. The van der Waals surface area contributed by atoms with E-state index in [9.17, 15) is 43.2 Å². The van der Waals surface area contributed by atoms with Crippen LogP contribution >= 0.6 is 15.6 Å². The van der Waals surface area contributed by atoms with E-state index in [1.807, 2.05) is 0 Å². The van der Waals surface area contributed by atoms with Crippen LogP contribution in [0.2, 0.25) is 0 Å². The van der Waals surface area contributed by atoms with E-state index in [1.54, 1.807) is 0 Å². The Morgan fingerprint density at radius 2 is 0.449 bits per heavy atom. The predicted octanol–water partition coefficient (Wildman–Crippen LogP) is 26.7. The summed E-state index contributed by atoms with van der Waals surface area (Å²) in [7, 11) is -9.93. The molecule has 4 unspecified atom stereocenters. The predicted molar refractivity (Wildman–Crippen MR) is 441 cm³/mol. The zero-order valence-electron chi connectivity index (χ0n) is 70.8. The average molecular weight is 1560 g/mol. The molecule has 0 aliphatic carbocycles. The number of carbonyl (C=O) groups is 4. The Kier molecular flexibility index (Phi) is 75.3. The molecule has 0 aromatic heterocycles. The van der Waals surface area contributed by atoms with Gasteiger partial charge in [0.1, 0.15) is 19.3 Å². The van der Waals surface area contributed by atoms with Gasteiger partial charge in [0.2, 0.25) is 0 Å². The van der Waals surface area contributed by atoms with Crippen LogP contribution in [-0.4, -0.2) is 96.7 Å². The number of rotatable bonds is 85. The van der Waals surface area contributed by atoms with E-state index in [0.29, 0.717) is 31.6 Å². The van der Waals surface area contributed by atoms with Crippen LogP contribution in [-0.2, 0) is 65.4 Å². The highest BCUT2D eigenvalue weighted by Gasteiger charge is 2.31. The van der Waals surface area contributed by atoms with Crippen molar-refractivity contribution in [3.8, 4) is 0 Å². The number of aliphatic hydroxyl groups is 1. The number of hydrogen-bond acceptors (Lipinski definition) is 15. The fraction of sp³-hybridized carbons (Fsp3) is 0.955. The fourth-order valence-corrected chi connectivity index (χ4v) is 15.2. The third-order valence-corrected chi connectivity index (χ3v) is 22.8. The van der Waals surface area contributed by atoms with Gasteiger partial charge in [-0.25, -0.2) is 9.13 Å². The number of unbranched alkanes of at least 4 members (excludes halogenated alkanes) is 50. The Hall–Kier alpha value is -1.94. The second-order valence-electron chi connectivity index (χ2n) is 33.3. The monoisotopic (exact) mass is 1560 g/mol. The molecule has 0 saturated carbocycles. The average Bonchev–Trinajstić information content (AvgIpc) is 0.907. The van der Waals surface area contributed by atoms with Crippen LogP contribution in [0.4, 0.5) is 0 Å². The lowest BCUT2D eigenvalue weighted by Gasteiger charge is -2.21. The number of phosphoric acid groups is 2. The first-order chi connectivity index (χ1) is 51.6. The highest BCUT2D eigenvalue weighted by Crippen LogP contribution is 2.45. The van der Waals surface area contributed by atoms with E-state index >= 15 is 0 Å². The molecule has 0 aliphatic heterocycles. The van der Waals surface area contributed by atoms with Gasteiger partial charge in [0.15, 0.2) is 12.2 Å². The minimum Gasteiger partial charge on any atom is -0.462 e. The maximum atomic E-state index is 13.2. The van der Waals surface area contributed by atoms with Crippen LogP contribution in [0.5, 0.6) is 0 Å². The van der Waals surface area contributed by atoms with E-state index in [4.69, 9.17) is 37.0 Å². The minimum absolute atomic E-state index is 0.107. The Morgan fingerprint density at radius 1 is 0.262 bits per heavy atom. The molecule has 107 heavy (non-hydrogen) atoms. The van der Waals surface area contributed by atoms with E-state index in [0.717, 1.165) is 114 Å². The van der Waals surface area contributed by atoms with E-state index < -0.39 is 97.5 Å². The topological polar surface area (TPSA) is 237 Å². The van der Waals surface area contributed by atoms with Crippen LogP contribution in [0.25, 0.3) is 0 Å². The Labute approximate surface area is 658 Å². The summed E-state index contributed by atoms with van der Waals surface area (Å²) in [6.07, 6.45) is 66.7. The van der Waals surface area contributed by atoms with Crippen molar-refractivity contribution in [1.82, 2.24) is 0 Å². The molecule has 17 nitrogen and oxygen atoms in total. The van der Waals surface area contributed by atoms with Gasteiger partial charge < -0.3 is 33.8 Å². The molecule has 3 N–H and O–H groups in total. The van der Waals surface area contributed by atoms with E-state index in [1.165, 1.54) is 257 Å². The molecule has 0 spiro atoms. The van der Waals surface area contributed by atoms with E-state index in [2.05, 4.69) is 55.4 Å². The van der Waals surface area contributed by atoms with Gasteiger partial charge in [-0.2, -0.15) is 0 Å². The number of esters is 4. The van der Waals surface area contributed by atoms with Crippen molar-refractivity contribution in [3.05, 3.63) is 0 Å². The highest BCUT2D eigenvalue weighted by molar-refractivity contribution is 7.47. The smallest absolute Gasteiger partial charge is 0.462 e. The molecule has 0 bridgehead atoms. The first kappa shape index (κ1) is 105. The number of phosphoric ester groups is 2. The quantitative estimate of drug-likeness (QED) is 0.0222. The summed E-state index contributed by atoms with van der Waals surface area (Å²) in [5, 5.41) is 10.7. The maximum absolute atomic E-state index is 13.2. The molecule has 0 amide bonds. The molecule has 0 rings (SSSR count). The fourth-order valence-electron chi connectivity index (χ4n) is 13.6. The molecule has 19 heteroatoms. The maximum Gasteiger partial charge on any atom is 0.472 e. The van der Waals surface area contributed by atoms with Crippen LogP contribution in [0.3, 0.4) is 0 Å². The number of ether oxygens (including phenoxy) is 4. The molecule has 6 atom stereocenters. The zero-order chi connectivity index (χ0) is 78.8. The molecule has 0 saturated heterocycles. The van der Waals surface area contributed by atoms with Crippen molar-refractivity contribution in [2.45, 2.75) is 478 Å². The summed E-state index contributed by atoms with van der Waals surface area (Å²) < 4.78 is 68.9. The van der Waals surface area contributed by atoms with Gasteiger partial charge in [-0.05, 0) is 49.4 Å². The van der Waals surface area contributed by atoms with Gasteiger partial charge in [0, 0.05) is 25.7 Å². The van der Waals surface area contributed by atoms with Gasteiger partial charge in [0.25, 0.3) is 0 Å². The lowest BCUT2D eigenvalue weighted by molar-refractivity contribution is -0.161. The Balaban J connectivity index is 5.23. The number of aliphatic hydroxyl groups excluding tert-OH is 1. The van der Waals surface area contributed by atoms with Crippen LogP contribution < -0.4 is 0 Å². The molecular formula is C88H172O17P2. The first-order valence-electron chi connectivity index (χ1n) is 45.2. The van der Waals surface area contributed by atoms with Gasteiger partial charge in [-0.15, -0.1) is 0 Å². The third kappa shape index (κ3) is 80.5. The molecule has 0 radical (unpaired) electrons. The summed E-state index contributed by atoms with van der Waals surface area (Å²) >= 11 is 0. The molecule has 636 valence electrons. The second-order valence-corrected chi connectivity index (χ2v) is 36.2. The standard InChI is InChI=1S/C88H172O17P2/c1-9-81(8)67-59-51-43-35-29-23-19-20-26-32-38-46-55-63-71-88(93)105-84(75-99-86(91)69-61-53-47-39-42-50-58-66-80(6)7)77-103-107(96,97)101-73-82(89)72-100-106(94,95)102-76-83(74-98-85(90)68-60-52-44-36-30-24-18-14-16-22-28-34-41-49-57-65-79(4)5)104-87(92)70-62-54-45-37-31-25-17-13-11-10-12-15-21-27-33-40-48-56-64-78(2)3/h78-84,89H,9-77H2,1-8H3,(H,94,95)(H,96,97)/t81?,82?,83-,84-/m1/s1. The molecule has 0 heterocycles. The van der Waals surface area contributed by atoms with Crippen molar-refractivity contribution in [1.29, 1.82) is 0 Å². The summed E-state index contributed by atoms with van der Waals surface area (Å²) in [4.78, 5) is 73.3. The first-order valence-corrected chi connectivity index (χ1v) is 48.2.